The predicted octanol–water partition coefficient (Wildman–Crippen LogP) is 2.06. The second kappa shape index (κ2) is 4.25. The number of benzene rings is 1. The van der Waals surface area contributed by atoms with Crippen molar-refractivity contribution in [3.8, 4) is 0 Å². The van der Waals surface area contributed by atoms with Crippen molar-refractivity contribution in [3.63, 3.8) is 0 Å². The van der Waals surface area contributed by atoms with Crippen LogP contribution in [0.25, 0.3) is 10.9 Å². The monoisotopic (exact) mass is 225 g/mol. The molecule has 1 aromatic carbocycles. The molecule has 3 rings (SSSR count). The zero-order valence-corrected chi connectivity index (χ0v) is 9.15. The van der Waals surface area contributed by atoms with E-state index < -0.39 is 0 Å². The number of hydrogen-bond donors (Lipinski definition) is 0. The summed E-state index contributed by atoms with van der Waals surface area (Å²) in [5.74, 6) is 0. The lowest BCUT2D eigenvalue weighted by Crippen LogP contribution is -2.09. The fourth-order valence-electron chi connectivity index (χ4n) is 1.72. The van der Waals surface area contributed by atoms with Crippen molar-refractivity contribution in [2.45, 2.75) is 6.61 Å². The highest BCUT2D eigenvalue weighted by Crippen LogP contribution is 2.13. The first kappa shape index (κ1) is 9.84. The summed E-state index contributed by atoms with van der Waals surface area (Å²) in [6.07, 6.45) is 6.92. The molecule has 0 N–H and O–H groups in total. The van der Waals surface area contributed by atoms with Crippen LogP contribution in [0.1, 0.15) is 5.56 Å². The van der Waals surface area contributed by atoms with Crippen molar-refractivity contribution in [2.75, 3.05) is 0 Å². The SMILES string of the molecule is c1ccc2c(c1)ccn2OCc1cncnc1. The van der Waals surface area contributed by atoms with Gasteiger partial charge in [-0.3, -0.25) is 0 Å². The van der Waals surface area contributed by atoms with E-state index in [-0.39, 0.29) is 0 Å². The van der Waals surface area contributed by atoms with Crippen LogP contribution < -0.4 is 4.84 Å². The molecule has 0 spiro atoms. The molecule has 0 bridgehead atoms. The van der Waals surface area contributed by atoms with Gasteiger partial charge in [-0.15, -0.1) is 0 Å². The van der Waals surface area contributed by atoms with Crippen molar-refractivity contribution in [1.82, 2.24) is 14.7 Å². The first-order chi connectivity index (χ1) is 8.43. The van der Waals surface area contributed by atoms with Crippen LogP contribution in [0.3, 0.4) is 0 Å². The van der Waals surface area contributed by atoms with Crippen molar-refractivity contribution in [2.24, 2.45) is 0 Å². The summed E-state index contributed by atoms with van der Waals surface area (Å²) < 4.78 is 1.77. The third kappa shape index (κ3) is 1.97. The Bertz CT molecular complexity index is 619. The number of hydrogen-bond acceptors (Lipinski definition) is 3. The smallest absolute Gasteiger partial charge is 0.143 e. The molecule has 3 aromatic rings. The van der Waals surface area contributed by atoms with Gasteiger partial charge in [-0.1, -0.05) is 18.2 Å². The Kier molecular flexibility index (Phi) is 2.46. The first-order valence-electron chi connectivity index (χ1n) is 5.37. The van der Waals surface area contributed by atoms with Crippen molar-refractivity contribution >= 4 is 10.9 Å². The van der Waals surface area contributed by atoms with Crippen LogP contribution in [0.4, 0.5) is 0 Å². The van der Waals surface area contributed by atoms with Crippen LogP contribution in [0.15, 0.2) is 55.2 Å². The molecule has 0 saturated carbocycles. The fourth-order valence-corrected chi connectivity index (χ4v) is 1.72. The molecule has 17 heavy (non-hydrogen) atoms. The van der Waals surface area contributed by atoms with Crippen molar-refractivity contribution in [3.05, 3.63) is 60.8 Å². The minimum absolute atomic E-state index is 0.458. The van der Waals surface area contributed by atoms with Crippen LogP contribution >= 0.6 is 0 Å². The third-order valence-electron chi connectivity index (χ3n) is 2.55. The van der Waals surface area contributed by atoms with E-state index in [2.05, 4.69) is 16.0 Å². The van der Waals surface area contributed by atoms with E-state index in [1.807, 2.05) is 30.5 Å². The van der Waals surface area contributed by atoms with Crippen LogP contribution in [-0.4, -0.2) is 14.7 Å². The molecule has 0 aliphatic rings. The summed E-state index contributed by atoms with van der Waals surface area (Å²) in [6, 6.07) is 10.1. The normalized spacial score (nSPS) is 10.6. The predicted molar refractivity (Wildman–Crippen MR) is 64.3 cm³/mol. The molecule has 0 atom stereocenters. The van der Waals surface area contributed by atoms with Crippen LogP contribution in [0.2, 0.25) is 0 Å². The Morgan fingerprint density at radius 3 is 2.76 bits per heavy atom. The Labute approximate surface area is 98.5 Å². The van der Waals surface area contributed by atoms with Crippen molar-refractivity contribution in [1.29, 1.82) is 0 Å². The molecule has 4 nitrogen and oxygen atoms in total. The second-order valence-corrected chi connectivity index (χ2v) is 3.72. The molecule has 0 saturated heterocycles. The summed E-state index contributed by atoms with van der Waals surface area (Å²) >= 11 is 0. The molecule has 84 valence electrons. The Morgan fingerprint density at radius 2 is 1.88 bits per heavy atom. The van der Waals surface area contributed by atoms with Gasteiger partial charge in [-0.05, 0) is 12.1 Å². The maximum absolute atomic E-state index is 5.68. The molecule has 2 aromatic heterocycles. The number of fused-ring (bicyclic) bond motifs is 1. The second-order valence-electron chi connectivity index (χ2n) is 3.72. The minimum atomic E-state index is 0.458. The van der Waals surface area contributed by atoms with Gasteiger partial charge >= 0.3 is 0 Å². The molecule has 0 aliphatic heterocycles. The zero-order chi connectivity index (χ0) is 11.5. The van der Waals surface area contributed by atoms with Crippen LogP contribution in [0.5, 0.6) is 0 Å². The lowest BCUT2D eigenvalue weighted by atomic mass is 10.3. The van der Waals surface area contributed by atoms with Gasteiger partial charge in [0.2, 0.25) is 0 Å². The molecule has 0 radical (unpaired) electrons. The average molecular weight is 225 g/mol. The Morgan fingerprint density at radius 1 is 1.06 bits per heavy atom. The quantitative estimate of drug-likeness (QED) is 0.685. The summed E-state index contributed by atoms with van der Waals surface area (Å²) in [7, 11) is 0. The summed E-state index contributed by atoms with van der Waals surface area (Å²) in [5.41, 5.74) is 2.01. The lowest BCUT2D eigenvalue weighted by molar-refractivity contribution is 0.107. The maximum atomic E-state index is 5.68. The molecule has 0 unspecified atom stereocenters. The Balaban J connectivity index is 1.82. The third-order valence-corrected chi connectivity index (χ3v) is 2.55. The van der Waals surface area contributed by atoms with Gasteiger partial charge in [0.25, 0.3) is 0 Å². The van der Waals surface area contributed by atoms with E-state index in [9.17, 15) is 0 Å². The van der Waals surface area contributed by atoms with Crippen molar-refractivity contribution < 1.29 is 4.84 Å². The first-order valence-corrected chi connectivity index (χ1v) is 5.37. The summed E-state index contributed by atoms with van der Waals surface area (Å²) in [4.78, 5) is 13.6. The van der Waals surface area contributed by atoms with Gasteiger partial charge in [-0.25, -0.2) is 9.97 Å². The average Bonchev–Trinajstić information content (AvgIpc) is 2.81. The fraction of sp³-hybridized carbons (Fsp3) is 0.0769. The van der Waals surface area contributed by atoms with Crippen LogP contribution in [-0.2, 0) is 6.61 Å². The largest absolute Gasteiger partial charge is 0.409 e. The number of nitrogens with zero attached hydrogens (tertiary/aromatic N) is 3. The zero-order valence-electron chi connectivity index (χ0n) is 9.15. The summed E-state index contributed by atoms with van der Waals surface area (Å²) in [5, 5.41) is 1.16. The molecular formula is C13H11N3O. The lowest BCUT2D eigenvalue weighted by Gasteiger charge is -2.07. The topological polar surface area (TPSA) is 39.9 Å². The molecule has 0 aliphatic carbocycles. The minimum Gasteiger partial charge on any atom is -0.409 e. The molecule has 0 amide bonds. The van der Waals surface area contributed by atoms with Gasteiger partial charge in [-0.2, -0.15) is 4.73 Å². The molecule has 0 fully saturated rings. The highest BCUT2D eigenvalue weighted by molar-refractivity contribution is 5.79. The number of rotatable bonds is 3. The molecular weight excluding hydrogens is 214 g/mol. The maximum Gasteiger partial charge on any atom is 0.143 e. The van der Waals surface area contributed by atoms with Gasteiger partial charge in [0.1, 0.15) is 12.9 Å². The molecule has 2 heterocycles. The highest BCUT2D eigenvalue weighted by Gasteiger charge is 2.00. The van der Waals surface area contributed by atoms with E-state index in [0.29, 0.717) is 6.61 Å². The van der Waals surface area contributed by atoms with E-state index in [0.717, 1.165) is 16.5 Å². The highest BCUT2D eigenvalue weighted by atomic mass is 16.7. The van der Waals surface area contributed by atoms with Gasteiger partial charge < -0.3 is 4.84 Å². The van der Waals surface area contributed by atoms with Gasteiger partial charge in [0.05, 0.1) is 5.52 Å². The molecule has 4 heteroatoms. The Hall–Kier alpha value is -2.36. The van der Waals surface area contributed by atoms with Gasteiger partial charge in [0, 0.05) is 29.5 Å². The van der Waals surface area contributed by atoms with Gasteiger partial charge in [0.15, 0.2) is 0 Å². The van der Waals surface area contributed by atoms with E-state index in [4.69, 9.17) is 4.84 Å². The van der Waals surface area contributed by atoms with E-state index >= 15 is 0 Å². The summed E-state index contributed by atoms with van der Waals surface area (Å²) in [6.45, 7) is 0.458. The van der Waals surface area contributed by atoms with E-state index in [1.165, 1.54) is 6.33 Å². The number of para-hydroxylation sites is 1. The standard InChI is InChI=1S/C13H11N3O/c1-2-4-13-12(3-1)5-6-16(13)17-9-11-7-14-10-15-8-11/h1-8,10H,9H2. The van der Waals surface area contributed by atoms with E-state index in [1.54, 1.807) is 17.1 Å². The number of aromatic nitrogens is 3. The van der Waals surface area contributed by atoms with Crippen LogP contribution in [0, 0.1) is 0 Å².